The van der Waals surface area contributed by atoms with Crippen LogP contribution >= 0.6 is 0 Å². The number of para-hydroxylation sites is 1. The molecule has 1 amide bonds. The molecule has 1 N–H and O–H groups in total. The second kappa shape index (κ2) is 9.67. The van der Waals surface area contributed by atoms with Crippen molar-refractivity contribution in [1.82, 2.24) is 15.1 Å². The Morgan fingerprint density at radius 3 is 2.89 bits per heavy atom. The van der Waals surface area contributed by atoms with Crippen molar-refractivity contribution in [3.05, 3.63) is 47.3 Å². The molecule has 2 aromatic rings. The molecule has 146 valence electrons. The van der Waals surface area contributed by atoms with E-state index in [1.165, 1.54) is 0 Å². The van der Waals surface area contributed by atoms with Gasteiger partial charge in [0.05, 0.1) is 30.5 Å². The van der Waals surface area contributed by atoms with Crippen molar-refractivity contribution in [3.63, 3.8) is 0 Å². The SMILES string of the molecule is Cc1nn(-c2ccccc2)c(C)c1CC(=O)NCCCOCC1CCCO1. The summed E-state index contributed by atoms with van der Waals surface area (Å²) in [6.07, 6.45) is 3.63. The quantitative estimate of drug-likeness (QED) is 0.689. The van der Waals surface area contributed by atoms with Gasteiger partial charge in [-0.3, -0.25) is 4.79 Å². The molecule has 3 rings (SSSR count). The molecular formula is C21H29N3O3. The fourth-order valence-electron chi connectivity index (χ4n) is 3.37. The zero-order valence-corrected chi connectivity index (χ0v) is 16.2. The molecule has 1 atom stereocenters. The first-order chi connectivity index (χ1) is 13.1. The lowest BCUT2D eigenvalue weighted by Crippen LogP contribution is -2.27. The van der Waals surface area contributed by atoms with Crippen LogP contribution < -0.4 is 5.32 Å². The van der Waals surface area contributed by atoms with Crippen molar-refractivity contribution in [2.45, 2.75) is 45.6 Å². The van der Waals surface area contributed by atoms with E-state index in [2.05, 4.69) is 10.4 Å². The fourth-order valence-corrected chi connectivity index (χ4v) is 3.37. The lowest BCUT2D eigenvalue weighted by molar-refractivity contribution is -0.120. The van der Waals surface area contributed by atoms with Crippen molar-refractivity contribution in [1.29, 1.82) is 0 Å². The minimum absolute atomic E-state index is 0.0212. The van der Waals surface area contributed by atoms with Gasteiger partial charge in [0.1, 0.15) is 0 Å². The molecule has 27 heavy (non-hydrogen) atoms. The summed E-state index contributed by atoms with van der Waals surface area (Å²) in [6, 6.07) is 9.98. The fraction of sp³-hybridized carbons (Fsp3) is 0.524. The summed E-state index contributed by atoms with van der Waals surface area (Å²) in [6.45, 7) is 6.73. The number of rotatable bonds is 9. The van der Waals surface area contributed by atoms with Crippen LogP contribution in [0.5, 0.6) is 0 Å². The van der Waals surface area contributed by atoms with Gasteiger partial charge in [0.2, 0.25) is 5.91 Å². The van der Waals surface area contributed by atoms with Gasteiger partial charge in [-0.2, -0.15) is 5.10 Å². The first-order valence-electron chi connectivity index (χ1n) is 9.71. The second-order valence-corrected chi connectivity index (χ2v) is 6.99. The summed E-state index contributed by atoms with van der Waals surface area (Å²) in [5.41, 5.74) is 3.90. The summed E-state index contributed by atoms with van der Waals surface area (Å²) in [4.78, 5) is 12.3. The van der Waals surface area contributed by atoms with E-state index in [1.807, 2.05) is 48.9 Å². The molecule has 1 unspecified atom stereocenters. The van der Waals surface area contributed by atoms with Crippen LogP contribution in [0.3, 0.4) is 0 Å². The van der Waals surface area contributed by atoms with Gasteiger partial charge in [-0.1, -0.05) is 18.2 Å². The largest absolute Gasteiger partial charge is 0.379 e. The van der Waals surface area contributed by atoms with Crippen LogP contribution in [0, 0.1) is 13.8 Å². The number of aryl methyl sites for hydroxylation is 1. The zero-order valence-electron chi connectivity index (χ0n) is 16.2. The molecule has 0 saturated carbocycles. The maximum atomic E-state index is 12.3. The number of ether oxygens (including phenoxy) is 2. The molecule has 6 nitrogen and oxygen atoms in total. The number of amides is 1. The minimum Gasteiger partial charge on any atom is -0.379 e. The smallest absolute Gasteiger partial charge is 0.224 e. The van der Waals surface area contributed by atoms with E-state index in [0.29, 0.717) is 26.2 Å². The van der Waals surface area contributed by atoms with E-state index in [-0.39, 0.29) is 12.0 Å². The highest BCUT2D eigenvalue weighted by atomic mass is 16.5. The number of carbonyl (C=O) groups is 1. The Kier molecular flexibility index (Phi) is 7.01. The zero-order chi connectivity index (χ0) is 19.1. The Morgan fingerprint density at radius 1 is 1.33 bits per heavy atom. The van der Waals surface area contributed by atoms with Crippen LogP contribution in [0.4, 0.5) is 0 Å². The summed E-state index contributed by atoms with van der Waals surface area (Å²) in [7, 11) is 0. The number of carbonyl (C=O) groups excluding carboxylic acids is 1. The van der Waals surface area contributed by atoms with Crippen molar-refractivity contribution < 1.29 is 14.3 Å². The summed E-state index contributed by atoms with van der Waals surface area (Å²) in [5.74, 6) is 0.0212. The summed E-state index contributed by atoms with van der Waals surface area (Å²) < 4.78 is 13.0. The third kappa shape index (κ3) is 5.40. The molecule has 1 aromatic heterocycles. The molecule has 0 spiro atoms. The number of nitrogens with one attached hydrogen (secondary N) is 1. The van der Waals surface area contributed by atoms with Gasteiger partial charge in [0.25, 0.3) is 0 Å². The van der Waals surface area contributed by atoms with E-state index in [9.17, 15) is 4.79 Å². The van der Waals surface area contributed by atoms with Crippen molar-refractivity contribution in [2.75, 3.05) is 26.4 Å². The van der Waals surface area contributed by atoms with Crippen molar-refractivity contribution in [2.24, 2.45) is 0 Å². The summed E-state index contributed by atoms with van der Waals surface area (Å²) in [5, 5.41) is 7.57. The highest BCUT2D eigenvalue weighted by molar-refractivity contribution is 5.79. The highest BCUT2D eigenvalue weighted by Gasteiger charge is 2.16. The maximum absolute atomic E-state index is 12.3. The van der Waals surface area contributed by atoms with Crippen LogP contribution in [-0.2, 0) is 20.7 Å². The van der Waals surface area contributed by atoms with E-state index in [1.54, 1.807) is 0 Å². The Labute approximate surface area is 160 Å². The van der Waals surface area contributed by atoms with Gasteiger partial charge in [-0.15, -0.1) is 0 Å². The van der Waals surface area contributed by atoms with Crippen LogP contribution in [0.2, 0.25) is 0 Å². The van der Waals surface area contributed by atoms with E-state index in [0.717, 1.165) is 48.5 Å². The number of hydrogen-bond acceptors (Lipinski definition) is 4. The van der Waals surface area contributed by atoms with Crippen LogP contribution in [0.15, 0.2) is 30.3 Å². The predicted octanol–water partition coefficient (Wildman–Crippen LogP) is 2.73. The monoisotopic (exact) mass is 371 g/mol. The third-order valence-electron chi connectivity index (χ3n) is 4.89. The van der Waals surface area contributed by atoms with Crippen LogP contribution in [-0.4, -0.2) is 48.2 Å². The van der Waals surface area contributed by atoms with Gasteiger partial charge >= 0.3 is 0 Å². The molecule has 1 aliphatic heterocycles. The molecule has 0 bridgehead atoms. The number of nitrogens with zero attached hydrogens (tertiary/aromatic N) is 2. The van der Waals surface area contributed by atoms with Crippen molar-refractivity contribution >= 4 is 5.91 Å². The lowest BCUT2D eigenvalue weighted by Gasteiger charge is -2.10. The number of aromatic nitrogens is 2. The Bertz CT molecular complexity index is 737. The average molecular weight is 371 g/mol. The molecule has 1 saturated heterocycles. The molecule has 1 aromatic carbocycles. The Balaban J connectivity index is 1.42. The molecule has 0 aliphatic carbocycles. The van der Waals surface area contributed by atoms with Gasteiger partial charge in [-0.25, -0.2) is 4.68 Å². The topological polar surface area (TPSA) is 65.4 Å². The third-order valence-corrected chi connectivity index (χ3v) is 4.89. The Morgan fingerprint density at radius 2 is 2.15 bits per heavy atom. The molecular weight excluding hydrogens is 342 g/mol. The van der Waals surface area contributed by atoms with E-state index in [4.69, 9.17) is 9.47 Å². The number of benzene rings is 1. The normalized spacial score (nSPS) is 16.6. The van der Waals surface area contributed by atoms with Gasteiger partial charge in [0.15, 0.2) is 0 Å². The van der Waals surface area contributed by atoms with E-state index >= 15 is 0 Å². The standard InChI is InChI=1S/C21H29N3O3/c1-16-20(17(2)24(23-16)18-8-4-3-5-9-18)14-21(25)22-11-7-12-26-15-19-10-6-13-27-19/h3-5,8-9,19H,6-7,10-15H2,1-2H3,(H,22,25). The molecule has 2 heterocycles. The first-order valence-corrected chi connectivity index (χ1v) is 9.71. The molecule has 0 radical (unpaired) electrons. The van der Waals surface area contributed by atoms with Crippen LogP contribution in [0.25, 0.3) is 5.69 Å². The molecule has 6 heteroatoms. The molecule has 1 aliphatic rings. The first kappa shape index (κ1) is 19.6. The van der Waals surface area contributed by atoms with Crippen LogP contribution in [0.1, 0.15) is 36.2 Å². The highest BCUT2D eigenvalue weighted by Crippen LogP contribution is 2.18. The predicted molar refractivity (Wildman–Crippen MR) is 104 cm³/mol. The van der Waals surface area contributed by atoms with Crippen molar-refractivity contribution in [3.8, 4) is 5.69 Å². The average Bonchev–Trinajstić information content (AvgIpc) is 3.29. The lowest BCUT2D eigenvalue weighted by atomic mass is 10.1. The summed E-state index contributed by atoms with van der Waals surface area (Å²) >= 11 is 0. The Hall–Kier alpha value is -2.18. The van der Waals surface area contributed by atoms with Gasteiger partial charge < -0.3 is 14.8 Å². The number of hydrogen-bond donors (Lipinski definition) is 1. The maximum Gasteiger partial charge on any atom is 0.224 e. The molecule has 1 fully saturated rings. The van der Waals surface area contributed by atoms with Gasteiger partial charge in [-0.05, 0) is 45.2 Å². The van der Waals surface area contributed by atoms with E-state index < -0.39 is 0 Å². The minimum atomic E-state index is 0.0212. The van der Waals surface area contributed by atoms with Gasteiger partial charge in [0, 0.05) is 31.0 Å². The second-order valence-electron chi connectivity index (χ2n) is 6.99.